The molecule has 0 bridgehead atoms. The molecule has 7 rings (SSSR count). The number of hydrogen-bond acceptors (Lipinski definition) is 7. The van der Waals surface area contributed by atoms with E-state index in [4.69, 9.17) is 14.2 Å². The molecule has 2 saturated carbocycles. The topological polar surface area (TPSA) is 102 Å². The SMILES string of the molecule is Cc1ccc(NC(=O)C2(C(=O)Nc3ccc(Oc4ccnc5cc(OCCCN6CCOC7(CC7)C6)ccc45)c(F)c3)CC2)cc1. The van der Waals surface area contributed by atoms with Crippen LogP contribution in [-0.4, -0.2) is 60.1 Å². The average molecular weight is 625 g/mol. The van der Waals surface area contributed by atoms with Crippen LogP contribution in [0.3, 0.4) is 0 Å². The summed E-state index contributed by atoms with van der Waals surface area (Å²) in [7, 11) is 0. The van der Waals surface area contributed by atoms with E-state index >= 15 is 4.39 Å². The van der Waals surface area contributed by atoms with Crippen LogP contribution in [0.4, 0.5) is 15.8 Å². The number of benzene rings is 3. The number of morpholine rings is 1. The van der Waals surface area contributed by atoms with Crippen molar-refractivity contribution in [2.24, 2.45) is 5.41 Å². The van der Waals surface area contributed by atoms with Crippen molar-refractivity contribution in [3.63, 3.8) is 0 Å². The number of nitrogens with zero attached hydrogens (tertiary/aromatic N) is 2. The molecule has 1 saturated heterocycles. The molecule has 2 aliphatic carbocycles. The molecule has 0 radical (unpaired) electrons. The molecule has 2 amide bonds. The Morgan fingerprint density at radius 3 is 2.43 bits per heavy atom. The van der Waals surface area contributed by atoms with E-state index in [1.165, 1.54) is 25.0 Å². The monoisotopic (exact) mass is 624 g/mol. The molecule has 1 spiro atoms. The van der Waals surface area contributed by atoms with Gasteiger partial charge in [-0.25, -0.2) is 4.39 Å². The van der Waals surface area contributed by atoms with Gasteiger partial charge in [0.05, 0.1) is 24.3 Å². The Morgan fingerprint density at radius 1 is 0.935 bits per heavy atom. The first-order valence-electron chi connectivity index (χ1n) is 15.9. The second kappa shape index (κ2) is 12.3. The van der Waals surface area contributed by atoms with Gasteiger partial charge in [-0.15, -0.1) is 0 Å². The molecule has 3 fully saturated rings. The molecule has 2 N–H and O–H groups in total. The Labute approximate surface area is 267 Å². The molecule has 9 nitrogen and oxygen atoms in total. The molecule has 2 heterocycles. The number of rotatable bonds is 11. The molecule has 238 valence electrons. The van der Waals surface area contributed by atoms with E-state index in [9.17, 15) is 9.59 Å². The molecule has 10 heteroatoms. The van der Waals surface area contributed by atoms with Crippen molar-refractivity contribution in [3.8, 4) is 17.2 Å². The van der Waals surface area contributed by atoms with E-state index in [0.717, 1.165) is 38.2 Å². The number of hydrogen-bond donors (Lipinski definition) is 2. The number of amides is 2. The summed E-state index contributed by atoms with van der Waals surface area (Å²) in [6, 6.07) is 18.8. The lowest BCUT2D eigenvalue weighted by molar-refractivity contribution is -0.131. The van der Waals surface area contributed by atoms with Crippen molar-refractivity contribution < 1.29 is 28.2 Å². The van der Waals surface area contributed by atoms with Gasteiger partial charge in [0.2, 0.25) is 11.8 Å². The number of halogens is 1. The quantitative estimate of drug-likeness (QED) is 0.146. The van der Waals surface area contributed by atoms with Crippen molar-refractivity contribution in [1.82, 2.24) is 9.88 Å². The fourth-order valence-electron chi connectivity index (χ4n) is 5.92. The van der Waals surface area contributed by atoms with Gasteiger partial charge in [0, 0.05) is 54.7 Å². The molecular weight excluding hydrogens is 587 g/mol. The number of anilines is 2. The largest absolute Gasteiger partial charge is 0.493 e. The zero-order chi connectivity index (χ0) is 31.7. The fourth-order valence-corrected chi connectivity index (χ4v) is 5.92. The first kappa shape index (κ1) is 30.1. The van der Waals surface area contributed by atoms with Gasteiger partial charge in [0.25, 0.3) is 0 Å². The highest BCUT2D eigenvalue weighted by atomic mass is 19.1. The van der Waals surface area contributed by atoms with Gasteiger partial charge >= 0.3 is 0 Å². The Morgan fingerprint density at radius 2 is 1.70 bits per heavy atom. The van der Waals surface area contributed by atoms with E-state index in [1.54, 1.807) is 30.5 Å². The van der Waals surface area contributed by atoms with Crippen LogP contribution in [0.2, 0.25) is 0 Å². The molecule has 4 aromatic rings. The van der Waals surface area contributed by atoms with Gasteiger partial charge in [0.15, 0.2) is 11.6 Å². The number of nitrogens with one attached hydrogen (secondary N) is 2. The zero-order valence-corrected chi connectivity index (χ0v) is 25.8. The number of carbonyl (C=O) groups is 2. The van der Waals surface area contributed by atoms with Gasteiger partial charge in [0.1, 0.15) is 16.9 Å². The Bertz CT molecular complexity index is 1770. The number of aromatic nitrogens is 1. The van der Waals surface area contributed by atoms with Crippen molar-refractivity contribution in [3.05, 3.63) is 84.3 Å². The highest BCUT2D eigenvalue weighted by Crippen LogP contribution is 2.48. The van der Waals surface area contributed by atoms with Gasteiger partial charge in [-0.05, 0) is 81.5 Å². The number of carbonyl (C=O) groups excluding carboxylic acids is 2. The third-order valence-corrected chi connectivity index (χ3v) is 9.04. The maximum Gasteiger partial charge on any atom is 0.240 e. The fraction of sp³-hybridized carbons (Fsp3) is 0.361. The highest BCUT2D eigenvalue weighted by molar-refractivity contribution is 6.16. The molecular formula is C36H37FN4O5. The van der Waals surface area contributed by atoms with E-state index in [0.29, 0.717) is 47.5 Å². The number of fused-ring (bicyclic) bond motifs is 1. The van der Waals surface area contributed by atoms with Crippen molar-refractivity contribution in [2.75, 3.05) is 43.5 Å². The minimum absolute atomic E-state index is 0.000153. The van der Waals surface area contributed by atoms with Crippen LogP contribution in [0.15, 0.2) is 72.9 Å². The smallest absolute Gasteiger partial charge is 0.240 e. The second-order valence-corrected chi connectivity index (χ2v) is 12.6. The van der Waals surface area contributed by atoms with Crippen LogP contribution >= 0.6 is 0 Å². The Hall–Kier alpha value is -4.54. The summed E-state index contributed by atoms with van der Waals surface area (Å²) in [4.78, 5) is 32.9. The maximum atomic E-state index is 15.2. The molecule has 3 aromatic carbocycles. The number of pyridine rings is 1. The summed E-state index contributed by atoms with van der Waals surface area (Å²) in [6.45, 7) is 6.33. The van der Waals surface area contributed by atoms with E-state index in [2.05, 4.69) is 20.5 Å². The molecule has 0 atom stereocenters. The number of ether oxygens (including phenoxy) is 3. The molecule has 1 aromatic heterocycles. The summed E-state index contributed by atoms with van der Waals surface area (Å²) in [5.41, 5.74) is 1.56. The van der Waals surface area contributed by atoms with Gasteiger partial charge in [-0.3, -0.25) is 19.5 Å². The predicted octanol–water partition coefficient (Wildman–Crippen LogP) is 6.47. The third kappa shape index (κ3) is 6.54. The van der Waals surface area contributed by atoms with Gasteiger partial charge in [-0.2, -0.15) is 0 Å². The average Bonchev–Trinajstić information content (AvgIpc) is 3.99. The van der Waals surface area contributed by atoms with E-state index < -0.39 is 17.1 Å². The molecule has 46 heavy (non-hydrogen) atoms. The lowest BCUT2D eigenvalue weighted by atomic mass is 10.0. The van der Waals surface area contributed by atoms with Crippen LogP contribution in [0.1, 0.15) is 37.7 Å². The normalized spacial score (nSPS) is 17.8. The number of aryl methyl sites for hydroxylation is 1. The van der Waals surface area contributed by atoms with Crippen molar-refractivity contribution >= 4 is 34.1 Å². The summed E-state index contributed by atoms with van der Waals surface area (Å²) in [6.07, 6.45) is 5.72. The summed E-state index contributed by atoms with van der Waals surface area (Å²) in [5.74, 6) is -0.323. The van der Waals surface area contributed by atoms with Crippen LogP contribution in [-0.2, 0) is 14.3 Å². The van der Waals surface area contributed by atoms with Crippen LogP contribution in [0, 0.1) is 18.2 Å². The Balaban J connectivity index is 0.946. The van der Waals surface area contributed by atoms with Crippen LogP contribution in [0.25, 0.3) is 10.9 Å². The highest BCUT2D eigenvalue weighted by Gasteiger charge is 2.56. The van der Waals surface area contributed by atoms with Crippen LogP contribution < -0.4 is 20.1 Å². The van der Waals surface area contributed by atoms with Crippen molar-refractivity contribution in [2.45, 2.75) is 44.6 Å². The zero-order valence-electron chi connectivity index (χ0n) is 25.8. The Kier molecular flexibility index (Phi) is 8.08. The van der Waals surface area contributed by atoms with Crippen molar-refractivity contribution in [1.29, 1.82) is 0 Å². The summed E-state index contributed by atoms with van der Waals surface area (Å²) < 4.78 is 33.1. The first-order chi connectivity index (χ1) is 22.3. The standard InChI is InChI=1S/C36H37FN4O5/c1-24-3-5-25(6-4-24)39-33(42)36(14-15-36)34(43)40-26-7-10-32(29(37)21-26)46-31-11-16-38-30-22-27(8-9-28(30)31)44-19-2-17-41-18-20-45-35(23-41)12-13-35/h3-11,16,21-22H,2,12-15,17-20,23H2,1H3,(H,39,42)(H,40,43). The lowest BCUT2D eigenvalue weighted by Crippen LogP contribution is -2.44. The van der Waals surface area contributed by atoms with Gasteiger partial charge < -0.3 is 24.8 Å². The molecule has 1 aliphatic heterocycles. The minimum atomic E-state index is -1.17. The third-order valence-electron chi connectivity index (χ3n) is 9.04. The minimum Gasteiger partial charge on any atom is -0.493 e. The molecule has 3 aliphatic rings. The van der Waals surface area contributed by atoms with Gasteiger partial charge in [-0.1, -0.05) is 17.7 Å². The lowest BCUT2D eigenvalue weighted by Gasteiger charge is -2.33. The first-order valence-corrected chi connectivity index (χ1v) is 15.9. The summed E-state index contributed by atoms with van der Waals surface area (Å²) >= 11 is 0. The molecule has 0 unspecified atom stereocenters. The second-order valence-electron chi connectivity index (χ2n) is 12.6. The van der Waals surface area contributed by atoms with E-state index in [1.807, 2.05) is 37.3 Å². The van der Waals surface area contributed by atoms with Crippen LogP contribution in [0.5, 0.6) is 17.2 Å². The summed E-state index contributed by atoms with van der Waals surface area (Å²) in [5, 5.41) is 6.24. The maximum absolute atomic E-state index is 15.2. The van der Waals surface area contributed by atoms with E-state index in [-0.39, 0.29) is 22.9 Å². The predicted molar refractivity (Wildman–Crippen MR) is 173 cm³/mol.